The molecule has 2 fully saturated rings. The lowest BCUT2D eigenvalue weighted by atomic mass is 9.94. The molecule has 1 amide bonds. The van der Waals surface area contributed by atoms with Crippen LogP contribution >= 0.6 is 0 Å². The normalized spacial score (nSPS) is 25.2. The molecule has 2 saturated heterocycles. The van der Waals surface area contributed by atoms with Gasteiger partial charge >= 0.3 is 0 Å². The molecule has 9 heteroatoms. The van der Waals surface area contributed by atoms with Gasteiger partial charge in [0.25, 0.3) is 5.56 Å². The molecule has 0 saturated carbocycles. The number of fused-ring (bicyclic) bond motifs is 1. The van der Waals surface area contributed by atoms with Crippen LogP contribution in [-0.2, 0) is 27.6 Å². The molecular formula is C20H30N4O4S. The van der Waals surface area contributed by atoms with Gasteiger partial charge in [-0.15, -0.1) is 0 Å². The summed E-state index contributed by atoms with van der Waals surface area (Å²) in [5.74, 6) is 1.29. The Kier molecular flexibility index (Phi) is 6.06. The van der Waals surface area contributed by atoms with E-state index in [0.29, 0.717) is 26.2 Å². The quantitative estimate of drug-likeness (QED) is 0.700. The van der Waals surface area contributed by atoms with Crippen molar-refractivity contribution in [3.63, 3.8) is 0 Å². The van der Waals surface area contributed by atoms with E-state index < -0.39 is 9.84 Å². The zero-order valence-corrected chi connectivity index (χ0v) is 17.7. The van der Waals surface area contributed by atoms with Gasteiger partial charge in [0.05, 0.1) is 23.7 Å². The summed E-state index contributed by atoms with van der Waals surface area (Å²) >= 11 is 0. The Morgan fingerprint density at radius 2 is 1.86 bits per heavy atom. The summed E-state index contributed by atoms with van der Waals surface area (Å²) in [6, 6.07) is 1.67. The molecule has 0 bridgehead atoms. The number of likely N-dealkylation sites (tertiary alicyclic amines) is 1. The summed E-state index contributed by atoms with van der Waals surface area (Å²) in [6.07, 6.45) is 5.89. The molecule has 3 aliphatic rings. The number of hydrogen-bond acceptors (Lipinski definition) is 6. The number of rotatable bonds is 3. The molecule has 29 heavy (non-hydrogen) atoms. The molecule has 8 nitrogen and oxygen atoms in total. The van der Waals surface area contributed by atoms with Crippen LogP contribution in [-0.4, -0.2) is 77.9 Å². The van der Waals surface area contributed by atoms with Crippen molar-refractivity contribution in [2.24, 2.45) is 0 Å². The molecule has 160 valence electrons. The number of sulfone groups is 1. The molecule has 3 aliphatic heterocycles. The SMILES string of the molecule is O=C(CN1CCS(=O)(=O)CC1)N1CCCC(c2cc(=O)n3c(n2)CCCCC3)C1. The average Bonchev–Trinajstić information content (AvgIpc) is 2.95. The van der Waals surface area contributed by atoms with Crippen LogP contribution in [0.1, 0.15) is 49.5 Å². The van der Waals surface area contributed by atoms with E-state index in [2.05, 4.69) is 0 Å². The molecule has 1 atom stereocenters. The Hall–Kier alpha value is -1.74. The zero-order valence-electron chi connectivity index (χ0n) is 16.9. The highest BCUT2D eigenvalue weighted by Gasteiger charge is 2.29. The third-order valence-electron chi connectivity index (χ3n) is 6.38. The molecular weight excluding hydrogens is 392 g/mol. The molecule has 4 heterocycles. The van der Waals surface area contributed by atoms with Crippen molar-refractivity contribution in [1.29, 1.82) is 0 Å². The van der Waals surface area contributed by atoms with Gasteiger partial charge in [-0.05, 0) is 25.7 Å². The first-order chi connectivity index (χ1) is 13.9. The van der Waals surface area contributed by atoms with Gasteiger partial charge in [0.15, 0.2) is 9.84 Å². The van der Waals surface area contributed by atoms with Crippen molar-refractivity contribution in [2.45, 2.75) is 51.0 Å². The molecule has 0 radical (unpaired) electrons. The third kappa shape index (κ3) is 4.88. The highest BCUT2D eigenvalue weighted by Crippen LogP contribution is 2.26. The first-order valence-electron chi connectivity index (χ1n) is 10.7. The lowest BCUT2D eigenvalue weighted by Gasteiger charge is -2.35. The highest BCUT2D eigenvalue weighted by atomic mass is 32.2. The largest absolute Gasteiger partial charge is 0.341 e. The number of carbonyl (C=O) groups is 1. The van der Waals surface area contributed by atoms with Crippen molar-refractivity contribution in [2.75, 3.05) is 44.2 Å². The van der Waals surface area contributed by atoms with Crippen molar-refractivity contribution >= 4 is 15.7 Å². The lowest BCUT2D eigenvalue weighted by molar-refractivity contribution is -0.133. The molecule has 0 N–H and O–H groups in total. The van der Waals surface area contributed by atoms with Crippen LogP contribution in [0.4, 0.5) is 0 Å². The Morgan fingerprint density at radius 1 is 1.07 bits per heavy atom. The Bertz CT molecular complexity index is 913. The zero-order chi connectivity index (χ0) is 20.4. The Labute approximate surface area is 171 Å². The third-order valence-corrected chi connectivity index (χ3v) is 7.99. The number of amides is 1. The van der Waals surface area contributed by atoms with Gasteiger partial charge in [-0.1, -0.05) is 6.42 Å². The number of carbonyl (C=O) groups excluding carboxylic acids is 1. The molecule has 1 unspecified atom stereocenters. The van der Waals surface area contributed by atoms with E-state index in [1.165, 1.54) is 0 Å². The van der Waals surface area contributed by atoms with E-state index >= 15 is 0 Å². The number of nitrogens with zero attached hydrogens (tertiary/aromatic N) is 4. The first kappa shape index (κ1) is 20.5. The molecule has 4 rings (SSSR count). The van der Waals surface area contributed by atoms with Gasteiger partial charge in [-0.2, -0.15) is 0 Å². The smallest absolute Gasteiger partial charge is 0.253 e. The van der Waals surface area contributed by atoms with Crippen molar-refractivity contribution < 1.29 is 13.2 Å². The summed E-state index contributed by atoms with van der Waals surface area (Å²) in [6.45, 7) is 3.17. The van der Waals surface area contributed by atoms with E-state index in [0.717, 1.165) is 56.6 Å². The van der Waals surface area contributed by atoms with Crippen LogP contribution < -0.4 is 5.56 Å². The van der Waals surface area contributed by atoms with Gasteiger partial charge in [-0.25, -0.2) is 13.4 Å². The van der Waals surface area contributed by atoms with E-state index in [9.17, 15) is 18.0 Å². The van der Waals surface area contributed by atoms with Gasteiger partial charge in [0.1, 0.15) is 5.82 Å². The lowest BCUT2D eigenvalue weighted by Crippen LogP contribution is -2.48. The number of aromatic nitrogens is 2. The number of aryl methyl sites for hydroxylation is 1. The second-order valence-electron chi connectivity index (χ2n) is 8.50. The van der Waals surface area contributed by atoms with E-state index in [1.807, 2.05) is 14.4 Å². The second kappa shape index (κ2) is 8.55. The molecule has 1 aromatic rings. The van der Waals surface area contributed by atoms with Crippen molar-refractivity contribution in [3.05, 3.63) is 27.9 Å². The number of hydrogen-bond donors (Lipinski definition) is 0. The van der Waals surface area contributed by atoms with Crippen LogP contribution in [0.2, 0.25) is 0 Å². The maximum atomic E-state index is 12.8. The summed E-state index contributed by atoms with van der Waals surface area (Å²) in [5, 5.41) is 0. The van der Waals surface area contributed by atoms with Crippen LogP contribution in [0.25, 0.3) is 0 Å². The Balaban J connectivity index is 1.42. The van der Waals surface area contributed by atoms with E-state index in [4.69, 9.17) is 4.98 Å². The van der Waals surface area contributed by atoms with Crippen LogP contribution in [0.3, 0.4) is 0 Å². The Morgan fingerprint density at radius 3 is 2.66 bits per heavy atom. The first-order valence-corrected chi connectivity index (χ1v) is 12.5. The van der Waals surface area contributed by atoms with E-state index in [1.54, 1.807) is 6.07 Å². The maximum Gasteiger partial charge on any atom is 0.253 e. The average molecular weight is 423 g/mol. The topological polar surface area (TPSA) is 92.6 Å². The van der Waals surface area contributed by atoms with Gasteiger partial charge in [-0.3, -0.25) is 19.1 Å². The fourth-order valence-electron chi connectivity index (χ4n) is 4.59. The molecule has 0 aliphatic carbocycles. The summed E-state index contributed by atoms with van der Waals surface area (Å²) in [5.41, 5.74) is 0.856. The summed E-state index contributed by atoms with van der Waals surface area (Å²) in [4.78, 5) is 34.0. The minimum absolute atomic E-state index is 0.0323. The van der Waals surface area contributed by atoms with Gasteiger partial charge in [0.2, 0.25) is 5.91 Å². The number of piperidine rings is 1. The molecule has 0 spiro atoms. The monoisotopic (exact) mass is 422 g/mol. The van der Waals surface area contributed by atoms with Crippen LogP contribution in [0.5, 0.6) is 0 Å². The van der Waals surface area contributed by atoms with Gasteiger partial charge in [0, 0.05) is 51.1 Å². The summed E-state index contributed by atoms with van der Waals surface area (Å²) < 4.78 is 25.0. The predicted octanol–water partition coefficient (Wildman–Crippen LogP) is 0.406. The van der Waals surface area contributed by atoms with Crippen molar-refractivity contribution in [1.82, 2.24) is 19.4 Å². The minimum Gasteiger partial charge on any atom is -0.341 e. The second-order valence-corrected chi connectivity index (χ2v) is 10.8. The highest BCUT2D eigenvalue weighted by molar-refractivity contribution is 7.91. The standard InChI is InChI=1S/C20H30N4O4S/c25-19-13-17(21-18-6-2-1-3-8-24(18)19)16-5-4-7-23(14-16)20(26)15-22-9-11-29(27,28)12-10-22/h13,16H,1-12,14-15H2. The van der Waals surface area contributed by atoms with Crippen LogP contribution in [0, 0.1) is 0 Å². The fourth-order valence-corrected chi connectivity index (χ4v) is 5.86. The van der Waals surface area contributed by atoms with Gasteiger partial charge < -0.3 is 4.90 Å². The van der Waals surface area contributed by atoms with E-state index in [-0.39, 0.29) is 35.4 Å². The maximum absolute atomic E-state index is 12.8. The summed E-state index contributed by atoms with van der Waals surface area (Å²) in [7, 11) is -2.94. The predicted molar refractivity (Wildman–Crippen MR) is 110 cm³/mol. The fraction of sp³-hybridized carbons (Fsp3) is 0.750. The van der Waals surface area contributed by atoms with Crippen LogP contribution in [0.15, 0.2) is 10.9 Å². The molecule has 1 aromatic heterocycles. The van der Waals surface area contributed by atoms with Crippen molar-refractivity contribution in [3.8, 4) is 0 Å². The minimum atomic E-state index is -2.94. The molecule has 0 aromatic carbocycles.